The van der Waals surface area contributed by atoms with Crippen molar-refractivity contribution in [2.45, 2.75) is 46.7 Å². The lowest BCUT2D eigenvalue weighted by Gasteiger charge is -2.25. The first-order valence-corrected chi connectivity index (χ1v) is 10.3. The zero-order valence-electron chi connectivity index (χ0n) is 16.9. The third kappa shape index (κ3) is 4.90. The van der Waals surface area contributed by atoms with Crippen LogP contribution in [0.25, 0.3) is 0 Å². The number of aromatic nitrogens is 2. The number of anilines is 2. The van der Waals surface area contributed by atoms with Crippen molar-refractivity contribution in [3.8, 4) is 0 Å². The number of rotatable bonds is 9. The molecule has 0 aliphatic heterocycles. The molecule has 0 aromatic carbocycles. The molecule has 2 rings (SSSR count). The number of H-pyrrole nitrogens is 1. The standard InChI is InChI=1S/C19H29N5O3S/c1-5-7-9-24-17(20)16(18(26)21-19(24)27)23(6-2)15(25)12-22(4)11-14-13(3)8-10-28-14/h8,10H,5-7,9,11-12,20H2,1-4H3,(H,21,26,27). The maximum atomic E-state index is 12.9. The van der Waals surface area contributed by atoms with E-state index in [9.17, 15) is 14.4 Å². The van der Waals surface area contributed by atoms with Gasteiger partial charge in [0.1, 0.15) is 5.82 Å². The van der Waals surface area contributed by atoms with Crippen molar-refractivity contribution in [1.82, 2.24) is 14.5 Å². The number of hydrogen-bond donors (Lipinski definition) is 2. The summed E-state index contributed by atoms with van der Waals surface area (Å²) in [7, 11) is 1.86. The highest BCUT2D eigenvalue weighted by Gasteiger charge is 2.23. The number of likely N-dealkylation sites (N-methyl/N-ethyl adjacent to an activating group) is 2. The number of aromatic amines is 1. The first-order valence-electron chi connectivity index (χ1n) is 9.44. The average Bonchev–Trinajstić information content (AvgIpc) is 3.02. The van der Waals surface area contributed by atoms with Gasteiger partial charge in [0.15, 0.2) is 5.69 Å². The number of nitrogen functional groups attached to an aromatic ring is 1. The Kier molecular flexibility index (Phi) is 7.59. The van der Waals surface area contributed by atoms with E-state index < -0.39 is 11.2 Å². The largest absolute Gasteiger partial charge is 0.383 e. The third-order valence-electron chi connectivity index (χ3n) is 4.62. The molecule has 2 heterocycles. The molecule has 3 N–H and O–H groups in total. The first kappa shape index (κ1) is 21.9. The summed E-state index contributed by atoms with van der Waals surface area (Å²) in [6, 6.07) is 2.05. The predicted octanol–water partition coefficient (Wildman–Crippen LogP) is 1.77. The number of hydrogen-bond acceptors (Lipinski definition) is 6. The summed E-state index contributed by atoms with van der Waals surface area (Å²) in [5.74, 6) is -0.203. The lowest BCUT2D eigenvalue weighted by atomic mass is 10.2. The van der Waals surface area contributed by atoms with Crippen LogP contribution in [-0.4, -0.2) is 40.5 Å². The second kappa shape index (κ2) is 9.70. The SMILES string of the molecule is CCCCn1c(N)c(N(CC)C(=O)CN(C)Cc2sccc2C)c(=O)[nH]c1=O. The minimum atomic E-state index is -0.637. The minimum absolute atomic E-state index is 0.0363. The lowest BCUT2D eigenvalue weighted by molar-refractivity contribution is -0.119. The highest BCUT2D eigenvalue weighted by atomic mass is 32.1. The highest BCUT2D eigenvalue weighted by molar-refractivity contribution is 7.10. The summed E-state index contributed by atoms with van der Waals surface area (Å²) in [4.78, 5) is 44.2. The predicted molar refractivity (Wildman–Crippen MR) is 114 cm³/mol. The minimum Gasteiger partial charge on any atom is -0.383 e. The van der Waals surface area contributed by atoms with E-state index in [0.29, 0.717) is 13.1 Å². The van der Waals surface area contributed by atoms with Gasteiger partial charge in [0.05, 0.1) is 6.54 Å². The number of nitrogens with zero attached hydrogens (tertiary/aromatic N) is 3. The van der Waals surface area contributed by atoms with Gasteiger partial charge in [-0.3, -0.25) is 24.0 Å². The molecule has 154 valence electrons. The normalized spacial score (nSPS) is 11.2. The van der Waals surface area contributed by atoms with Crippen molar-refractivity contribution < 1.29 is 4.79 Å². The van der Waals surface area contributed by atoms with Crippen LogP contribution in [0.5, 0.6) is 0 Å². The van der Waals surface area contributed by atoms with Crippen LogP contribution < -0.4 is 21.9 Å². The Morgan fingerprint density at radius 1 is 1.32 bits per heavy atom. The molecule has 28 heavy (non-hydrogen) atoms. The van der Waals surface area contributed by atoms with Crippen LogP contribution in [0.1, 0.15) is 37.1 Å². The number of aryl methyl sites for hydroxylation is 1. The number of carbonyl (C=O) groups is 1. The van der Waals surface area contributed by atoms with Crippen molar-refractivity contribution in [2.75, 3.05) is 30.8 Å². The highest BCUT2D eigenvalue weighted by Crippen LogP contribution is 2.19. The van der Waals surface area contributed by atoms with E-state index in [1.54, 1.807) is 18.3 Å². The number of carbonyl (C=O) groups excluding carboxylic acids is 1. The lowest BCUT2D eigenvalue weighted by Crippen LogP contribution is -2.44. The molecule has 0 fully saturated rings. The molecule has 0 unspecified atom stereocenters. The van der Waals surface area contributed by atoms with Crippen molar-refractivity contribution >= 4 is 28.7 Å². The summed E-state index contributed by atoms with van der Waals surface area (Å²) >= 11 is 1.65. The molecule has 9 heteroatoms. The van der Waals surface area contributed by atoms with Crippen LogP contribution in [0.2, 0.25) is 0 Å². The molecule has 0 saturated carbocycles. The topological polar surface area (TPSA) is 104 Å². The molecular weight excluding hydrogens is 378 g/mol. The smallest absolute Gasteiger partial charge is 0.330 e. The van der Waals surface area contributed by atoms with E-state index in [0.717, 1.165) is 12.8 Å². The number of nitrogens with one attached hydrogen (secondary N) is 1. The van der Waals surface area contributed by atoms with Gasteiger partial charge in [0, 0.05) is 24.5 Å². The molecule has 0 bridgehead atoms. The zero-order chi connectivity index (χ0) is 20.8. The van der Waals surface area contributed by atoms with Gasteiger partial charge in [-0.25, -0.2) is 4.79 Å². The number of thiophene rings is 1. The fraction of sp³-hybridized carbons (Fsp3) is 0.526. The van der Waals surface area contributed by atoms with Gasteiger partial charge < -0.3 is 10.6 Å². The van der Waals surface area contributed by atoms with E-state index in [1.807, 2.05) is 37.2 Å². The Morgan fingerprint density at radius 2 is 2.04 bits per heavy atom. The van der Waals surface area contributed by atoms with E-state index in [2.05, 4.69) is 4.98 Å². The quantitative estimate of drug-likeness (QED) is 0.659. The maximum absolute atomic E-state index is 12.9. The second-order valence-corrected chi connectivity index (χ2v) is 7.84. The Bertz CT molecular complexity index is 930. The average molecular weight is 408 g/mol. The van der Waals surface area contributed by atoms with Gasteiger partial charge in [0.2, 0.25) is 5.91 Å². The van der Waals surface area contributed by atoms with Crippen LogP contribution in [0, 0.1) is 6.92 Å². The summed E-state index contributed by atoms with van der Waals surface area (Å²) < 4.78 is 1.33. The third-order valence-corrected chi connectivity index (χ3v) is 5.63. The van der Waals surface area contributed by atoms with Crippen LogP contribution in [0.3, 0.4) is 0 Å². The molecule has 0 aliphatic rings. The van der Waals surface area contributed by atoms with Crippen LogP contribution in [-0.2, 0) is 17.9 Å². The van der Waals surface area contributed by atoms with Crippen molar-refractivity contribution in [3.63, 3.8) is 0 Å². The molecule has 0 atom stereocenters. The number of unbranched alkanes of at least 4 members (excludes halogenated alkanes) is 1. The van der Waals surface area contributed by atoms with Crippen LogP contribution >= 0.6 is 11.3 Å². The Hall–Kier alpha value is -2.39. The van der Waals surface area contributed by atoms with Gasteiger partial charge >= 0.3 is 5.69 Å². The monoisotopic (exact) mass is 407 g/mol. The summed E-state index contributed by atoms with van der Waals surface area (Å²) in [5, 5.41) is 2.03. The molecule has 0 saturated heterocycles. The van der Waals surface area contributed by atoms with Gasteiger partial charge in [0.25, 0.3) is 5.56 Å². The van der Waals surface area contributed by atoms with Crippen molar-refractivity contribution in [2.24, 2.45) is 0 Å². The van der Waals surface area contributed by atoms with Gasteiger partial charge in [-0.2, -0.15) is 0 Å². The molecule has 0 radical (unpaired) electrons. The Labute approximate surface area is 168 Å². The maximum Gasteiger partial charge on any atom is 0.330 e. The molecule has 2 aromatic rings. The summed E-state index contributed by atoms with van der Waals surface area (Å²) in [6.45, 7) is 7.28. The summed E-state index contributed by atoms with van der Waals surface area (Å²) in [5.41, 5.74) is 6.19. The van der Waals surface area contributed by atoms with E-state index in [1.165, 1.54) is 19.9 Å². The van der Waals surface area contributed by atoms with Gasteiger partial charge in [-0.05, 0) is 44.3 Å². The van der Waals surface area contributed by atoms with E-state index in [-0.39, 0.29) is 30.5 Å². The molecular formula is C19H29N5O3S. The van der Waals surface area contributed by atoms with Crippen LogP contribution in [0.15, 0.2) is 21.0 Å². The van der Waals surface area contributed by atoms with E-state index >= 15 is 0 Å². The fourth-order valence-corrected chi connectivity index (χ4v) is 4.00. The number of nitrogens with two attached hydrogens (primary N) is 1. The Morgan fingerprint density at radius 3 is 2.61 bits per heavy atom. The zero-order valence-corrected chi connectivity index (χ0v) is 17.8. The van der Waals surface area contributed by atoms with Gasteiger partial charge in [-0.1, -0.05) is 13.3 Å². The molecule has 8 nitrogen and oxygen atoms in total. The van der Waals surface area contributed by atoms with Gasteiger partial charge in [-0.15, -0.1) is 11.3 Å². The second-order valence-electron chi connectivity index (χ2n) is 6.84. The molecule has 0 aliphatic carbocycles. The molecule has 2 aromatic heterocycles. The number of amides is 1. The summed E-state index contributed by atoms with van der Waals surface area (Å²) in [6.07, 6.45) is 1.63. The molecule has 1 amide bonds. The van der Waals surface area contributed by atoms with Crippen molar-refractivity contribution in [1.29, 1.82) is 0 Å². The molecule has 0 spiro atoms. The Balaban J connectivity index is 2.26. The van der Waals surface area contributed by atoms with Crippen LogP contribution in [0.4, 0.5) is 11.5 Å². The van der Waals surface area contributed by atoms with E-state index in [4.69, 9.17) is 5.73 Å². The fourth-order valence-electron chi connectivity index (χ4n) is 3.02. The van der Waals surface area contributed by atoms with Crippen molar-refractivity contribution in [3.05, 3.63) is 42.7 Å². The first-order chi connectivity index (χ1) is 13.3.